The molecule has 2 atom stereocenters. The summed E-state index contributed by atoms with van der Waals surface area (Å²) in [6.07, 6.45) is 3.12. The number of aryl methyl sites for hydroxylation is 1. The second kappa shape index (κ2) is 17.6. The van der Waals surface area contributed by atoms with Gasteiger partial charge in [-0.15, -0.1) is 0 Å². The Balaban J connectivity index is 2.30. The topological polar surface area (TPSA) is 119 Å². The molecule has 2 aromatic rings. The first-order valence-corrected chi connectivity index (χ1v) is 15.8. The lowest BCUT2D eigenvalue weighted by molar-refractivity contribution is -0.146. The molecule has 41 heavy (non-hydrogen) atoms. The van der Waals surface area contributed by atoms with Crippen LogP contribution in [0, 0.1) is 5.92 Å². The van der Waals surface area contributed by atoms with Gasteiger partial charge in [0, 0.05) is 18.2 Å². The molecule has 0 aromatic heterocycles. The van der Waals surface area contributed by atoms with Gasteiger partial charge in [0.15, 0.2) is 0 Å². The molecule has 1 unspecified atom stereocenters. The van der Waals surface area contributed by atoms with Crippen molar-refractivity contribution < 1.29 is 24.2 Å². The van der Waals surface area contributed by atoms with E-state index in [-0.39, 0.29) is 43.0 Å². The number of hydroxylamine groups is 2. The fourth-order valence-electron chi connectivity index (χ4n) is 5.04. The van der Waals surface area contributed by atoms with Crippen LogP contribution in [-0.2, 0) is 20.6 Å². The number of carbonyl (C=O) groups excluding carboxylic acids is 3. The molecule has 9 nitrogen and oxygen atoms in total. The number of hydrogen-bond donors (Lipinski definition) is 3. The number of para-hydroxylation sites is 1. The van der Waals surface area contributed by atoms with Crippen molar-refractivity contribution in [3.8, 4) is 0 Å². The summed E-state index contributed by atoms with van der Waals surface area (Å²) >= 11 is 0. The number of hydrogen-bond acceptors (Lipinski definition) is 5. The van der Waals surface area contributed by atoms with Gasteiger partial charge in [-0.05, 0) is 76.0 Å². The van der Waals surface area contributed by atoms with Crippen LogP contribution in [-0.4, -0.2) is 57.4 Å². The Morgan fingerprint density at radius 3 is 2.15 bits per heavy atom. The van der Waals surface area contributed by atoms with Crippen LogP contribution in [0.4, 0.5) is 10.5 Å². The highest BCUT2D eigenvalue weighted by molar-refractivity contribution is 7.23. The molecule has 0 bridgehead atoms. The molecule has 0 saturated carbocycles. The molecule has 226 valence electrons. The maximum atomic E-state index is 14.1. The summed E-state index contributed by atoms with van der Waals surface area (Å²) in [6.45, 7) is 7.69. The van der Waals surface area contributed by atoms with Crippen LogP contribution in [0.25, 0.3) is 0 Å². The van der Waals surface area contributed by atoms with Crippen LogP contribution < -0.4 is 10.6 Å². The molecule has 0 saturated heterocycles. The number of amides is 4. The van der Waals surface area contributed by atoms with Crippen molar-refractivity contribution in [2.75, 3.05) is 18.1 Å². The molecule has 0 aliphatic carbocycles. The van der Waals surface area contributed by atoms with Crippen molar-refractivity contribution in [2.24, 2.45) is 5.92 Å². The predicted molar refractivity (Wildman–Crippen MR) is 165 cm³/mol. The van der Waals surface area contributed by atoms with E-state index in [2.05, 4.69) is 10.6 Å². The van der Waals surface area contributed by atoms with Crippen LogP contribution >= 0.6 is 8.46 Å². The van der Waals surface area contributed by atoms with E-state index in [1.165, 1.54) is 0 Å². The molecule has 0 heterocycles. The highest BCUT2D eigenvalue weighted by atomic mass is 31.1. The Morgan fingerprint density at radius 1 is 0.927 bits per heavy atom. The number of anilines is 1. The summed E-state index contributed by atoms with van der Waals surface area (Å²) in [5.74, 6) is -0.461. The van der Waals surface area contributed by atoms with E-state index >= 15 is 0 Å². The number of nitrogens with zero attached hydrogens (tertiary/aromatic N) is 2. The smallest absolute Gasteiger partial charge is 0.334 e. The highest BCUT2D eigenvalue weighted by Gasteiger charge is 2.46. The van der Waals surface area contributed by atoms with Crippen molar-refractivity contribution in [1.29, 1.82) is 0 Å². The Labute approximate surface area is 245 Å². The van der Waals surface area contributed by atoms with E-state index in [0.717, 1.165) is 12.0 Å². The van der Waals surface area contributed by atoms with E-state index in [1.54, 1.807) is 30.9 Å². The van der Waals surface area contributed by atoms with Gasteiger partial charge in [-0.25, -0.2) is 9.86 Å². The third kappa shape index (κ3) is 11.3. The van der Waals surface area contributed by atoms with Gasteiger partial charge in [0.05, 0.1) is 21.3 Å². The first kappa shape index (κ1) is 34.0. The average molecular weight is 587 g/mol. The molecule has 0 spiro atoms. The predicted octanol–water partition coefficient (Wildman–Crippen LogP) is 5.95. The molecule has 0 radical (unpaired) electrons. The van der Waals surface area contributed by atoms with E-state index in [1.807, 2.05) is 62.4 Å². The van der Waals surface area contributed by atoms with E-state index in [0.29, 0.717) is 42.9 Å². The second-order valence-electron chi connectivity index (χ2n) is 11.1. The Hall–Kier alpha value is -3.16. The van der Waals surface area contributed by atoms with Crippen LogP contribution in [0.15, 0.2) is 60.7 Å². The van der Waals surface area contributed by atoms with Crippen molar-refractivity contribution in [2.45, 2.75) is 84.2 Å². The maximum absolute atomic E-state index is 14.1. The monoisotopic (exact) mass is 586 g/mol. The van der Waals surface area contributed by atoms with Crippen LogP contribution in [0.1, 0.15) is 71.8 Å². The van der Waals surface area contributed by atoms with Gasteiger partial charge in [0.25, 0.3) is 0 Å². The SMILES string of the molecule is CC(C)C[C@@](CCCCN(O)C(=O)NC(C)C)(C(=O)Nc1ccccc1)N(C[PH2]=O)C(=O)CCCc1ccccc1. The lowest BCUT2D eigenvalue weighted by Gasteiger charge is -2.43. The minimum Gasteiger partial charge on any atom is -0.334 e. The van der Waals surface area contributed by atoms with Crippen LogP contribution in [0.2, 0.25) is 0 Å². The molecule has 2 rings (SSSR count). The van der Waals surface area contributed by atoms with E-state index in [4.69, 9.17) is 0 Å². The summed E-state index contributed by atoms with van der Waals surface area (Å²) in [5.41, 5.74) is 0.501. The van der Waals surface area contributed by atoms with Gasteiger partial charge in [-0.3, -0.25) is 14.8 Å². The molecular weight excluding hydrogens is 539 g/mol. The zero-order valence-corrected chi connectivity index (χ0v) is 26.0. The summed E-state index contributed by atoms with van der Waals surface area (Å²) in [4.78, 5) is 41.5. The van der Waals surface area contributed by atoms with Gasteiger partial charge < -0.3 is 20.1 Å². The number of benzene rings is 2. The van der Waals surface area contributed by atoms with Crippen LogP contribution in [0.5, 0.6) is 0 Å². The number of urea groups is 1. The first-order chi connectivity index (χ1) is 19.6. The number of unbranched alkanes of at least 4 members (excludes halogenated alkanes) is 1. The van der Waals surface area contributed by atoms with Crippen molar-refractivity contribution in [3.05, 3.63) is 66.2 Å². The third-order valence-electron chi connectivity index (χ3n) is 6.83. The lowest BCUT2D eigenvalue weighted by atomic mass is 9.81. The molecule has 10 heteroatoms. The molecule has 0 aliphatic heterocycles. The number of rotatable bonds is 17. The Bertz CT molecular complexity index is 1100. The lowest BCUT2D eigenvalue weighted by Crippen LogP contribution is -2.59. The summed E-state index contributed by atoms with van der Waals surface area (Å²) < 4.78 is 12.1. The summed E-state index contributed by atoms with van der Waals surface area (Å²) in [5, 5.41) is 16.4. The Morgan fingerprint density at radius 2 is 1.56 bits per heavy atom. The molecule has 4 amide bonds. The summed E-state index contributed by atoms with van der Waals surface area (Å²) in [6, 6.07) is 18.3. The second-order valence-corrected chi connectivity index (χ2v) is 11.8. The van der Waals surface area contributed by atoms with Crippen LogP contribution in [0.3, 0.4) is 0 Å². The van der Waals surface area contributed by atoms with Gasteiger partial charge in [0.2, 0.25) is 11.8 Å². The summed E-state index contributed by atoms with van der Waals surface area (Å²) in [7, 11) is -1.32. The quantitative estimate of drug-likeness (QED) is 0.0916. The molecule has 0 aliphatic rings. The fraction of sp³-hybridized carbons (Fsp3) is 0.516. The van der Waals surface area contributed by atoms with Crippen molar-refractivity contribution in [1.82, 2.24) is 15.3 Å². The largest absolute Gasteiger partial charge is 0.341 e. The van der Waals surface area contributed by atoms with Gasteiger partial charge >= 0.3 is 6.03 Å². The minimum atomic E-state index is -1.32. The highest BCUT2D eigenvalue weighted by Crippen LogP contribution is 2.34. The zero-order valence-electron chi connectivity index (χ0n) is 24.8. The van der Waals surface area contributed by atoms with Crippen molar-refractivity contribution in [3.63, 3.8) is 0 Å². The Kier molecular flexibility index (Phi) is 14.6. The van der Waals surface area contributed by atoms with Gasteiger partial charge in [-0.1, -0.05) is 62.4 Å². The molecule has 3 N–H and O–H groups in total. The minimum absolute atomic E-state index is 0.00200. The van der Waals surface area contributed by atoms with Gasteiger partial charge in [-0.2, -0.15) is 0 Å². The maximum Gasteiger partial charge on any atom is 0.341 e. The van der Waals surface area contributed by atoms with E-state index in [9.17, 15) is 24.2 Å². The standard InChI is InChI=1S/C31H47N4O5P/c1-24(2)22-31(29(37)33-27-17-9-6-10-18-27,20-11-12-21-35(39)30(38)32-25(3)4)34(23-41-40)28(36)19-13-16-26-14-7-5-8-15-26/h5-10,14-15,17-18,24-25,39H,11-13,16,19-23,41H2,1-4H3,(H,32,38)(H,33,37)/t31-/m0/s1. The normalized spacial score (nSPS) is 12.9. The number of carbonyl (C=O) groups is 3. The zero-order chi connectivity index (χ0) is 30.3. The molecule has 0 fully saturated rings. The first-order valence-electron chi connectivity index (χ1n) is 14.5. The molecule has 2 aromatic carbocycles. The third-order valence-corrected chi connectivity index (χ3v) is 7.35. The average Bonchev–Trinajstić information content (AvgIpc) is 2.93. The van der Waals surface area contributed by atoms with E-state index < -0.39 is 20.0 Å². The van der Waals surface area contributed by atoms with Gasteiger partial charge in [0.1, 0.15) is 5.54 Å². The molecular formula is C31H47N4O5P. The van der Waals surface area contributed by atoms with Crippen molar-refractivity contribution >= 4 is 32.0 Å². The fourth-order valence-corrected chi connectivity index (χ4v) is 5.74. The number of nitrogens with one attached hydrogen (secondary N) is 2.